The van der Waals surface area contributed by atoms with Crippen LogP contribution in [0.1, 0.15) is 52.0 Å². The third-order valence-corrected chi connectivity index (χ3v) is 10.1. The van der Waals surface area contributed by atoms with Crippen molar-refractivity contribution in [2.24, 2.45) is 5.41 Å². The zero-order valence-electron chi connectivity index (χ0n) is 24.5. The van der Waals surface area contributed by atoms with E-state index in [1.807, 2.05) is 20.8 Å². The number of hydrogen-bond acceptors (Lipinski definition) is 8. The highest BCUT2D eigenvalue weighted by Crippen LogP contribution is 2.45. The van der Waals surface area contributed by atoms with Gasteiger partial charge in [0.15, 0.2) is 12.4 Å². The van der Waals surface area contributed by atoms with Crippen molar-refractivity contribution in [3.63, 3.8) is 0 Å². The molecule has 4 heterocycles. The molecule has 0 atom stereocenters. The summed E-state index contributed by atoms with van der Waals surface area (Å²) in [4.78, 5) is 25.6. The fraction of sp³-hybridized carbons (Fsp3) is 0.621. The number of ether oxygens (including phenoxy) is 3. The number of likely N-dealkylation sites (tertiary alicyclic amines) is 1. The van der Waals surface area contributed by atoms with Crippen molar-refractivity contribution < 1.29 is 36.4 Å². The van der Waals surface area contributed by atoms with Crippen LogP contribution in [0.15, 0.2) is 17.1 Å². The van der Waals surface area contributed by atoms with E-state index in [-0.39, 0.29) is 34.9 Å². The number of carbonyl (C=O) groups excluding carboxylic acids is 1. The molecule has 9 nitrogen and oxygen atoms in total. The van der Waals surface area contributed by atoms with E-state index in [1.165, 1.54) is 6.08 Å². The average molecular weight is 690 g/mol. The topological polar surface area (TPSA) is 94.1 Å². The van der Waals surface area contributed by atoms with Crippen LogP contribution in [0.5, 0.6) is 11.8 Å². The zero-order valence-corrected chi connectivity index (χ0v) is 26.9. The highest BCUT2D eigenvalue weighted by molar-refractivity contribution is 9.10. The Kier molecular flexibility index (Phi) is 8.92. The van der Waals surface area contributed by atoms with Crippen molar-refractivity contribution in [1.29, 1.82) is 0 Å². The molecule has 1 aromatic carbocycles. The predicted octanol–water partition coefficient (Wildman–Crippen LogP) is 6.10. The Labute approximate surface area is 259 Å². The third-order valence-electron chi connectivity index (χ3n) is 7.91. The Balaban J connectivity index is 1.44. The molecule has 2 aromatic rings. The van der Waals surface area contributed by atoms with Gasteiger partial charge in [0, 0.05) is 59.3 Å². The number of benzene rings is 1. The minimum Gasteiger partial charge on any atom is -0.481 e. The molecule has 0 saturated carbocycles. The minimum atomic E-state index is -4.56. The van der Waals surface area contributed by atoms with Crippen LogP contribution in [0.2, 0.25) is 0 Å². The van der Waals surface area contributed by atoms with Crippen LogP contribution in [0.4, 0.5) is 23.8 Å². The average Bonchev–Trinajstić information content (AvgIpc) is 2.90. The van der Waals surface area contributed by atoms with Crippen molar-refractivity contribution in [3.05, 3.63) is 22.7 Å². The molecule has 0 radical (unpaired) electrons. The Bertz CT molecular complexity index is 1410. The van der Waals surface area contributed by atoms with Crippen LogP contribution in [-0.4, -0.2) is 87.3 Å². The number of alkyl halides is 3. The van der Waals surface area contributed by atoms with Gasteiger partial charge in [0.1, 0.15) is 23.0 Å². The van der Waals surface area contributed by atoms with Gasteiger partial charge < -0.3 is 24.0 Å². The monoisotopic (exact) mass is 688 g/mol. The van der Waals surface area contributed by atoms with Crippen molar-refractivity contribution in [1.82, 2.24) is 14.9 Å². The third kappa shape index (κ3) is 7.38. The molecule has 1 spiro atoms. The molecule has 1 aromatic heterocycles. The highest BCUT2D eigenvalue weighted by Gasteiger charge is 2.48. The maximum absolute atomic E-state index is 13.2. The molecule has 0 bridgehead atoms. The largest absolute Gasteiger partial charge is 0.481 e. The van der Waals surface area contributed by atoms with E-state index in [1.54, 1.807) is 11.0 Å². The number of amides is 1. The molecule has 0 aliphatic carbocycles. The summed E-state index contributed by atoms with van der Waals surface area (Å²) in [6, 6.07) is 1.82. The second-order valence-electron chi connectivity index (χ2n) is 12.4. The van der Waals surface area contributed by atoms with Gasteiger partial charge in [-0.05, 0) is 74.0 Å². The lowest BCUT2D eigenvalue weighted by Crippen LogP contribution is -2.62. The number of piperidine rings is 1. The number of hydrogen-bond donors (Lipinski definition) is 0. The van der Waals surface area contributed by atoms with E-state index in [2.05, 4.69) is 32.4 Å². The summed E-state index contributed by atoms with van der Waals surface area (Å²) in [5.41, 5.74) is 0.150. The molecule has 236 valence electrons. The Morgan fingerprint density at radius 3 is 2.42 bits per heavy atom. The fourth-order valence-corrected chi connectivity index (χ4v) is 7.53. The van der Waals surface area contributed by atoms with Gasteiger partial charge in [-0.15, -0.1) is 0 Å². The standard InChI is InChI=1S/C29H36BrF3N4O5S/c1-5-18-14-20-22(23(21(18)30)40-17-29(31,32)33)34-25(41-19-6-12-43(39)13-7-19)35-24(20)36-10-8-28(9-11-36)15-37(16-28)26(38)42-27(2,3)4/h5,14,19H,1,6-13,15-17H2,2-4H3. The van der Waals surface area contributed by atoms with Gasteiger partial charge in [-0.25, -0.2) is 4.79 Å². The second-order valence-corrected chi connectivity index (χ2v) is 14.9. The molecule has 0 N–H and O–H groups in total. The van der Waals surface area contributed by atoms with Crippen LogP contribution in [-0.2, 0) is 15.5 Å². The number of aromatic nitrogens is 2. The van der Waals surface area contributed by atoms with Crippen molar-refractivity contribution >= 4 is 55.6 Å². The van der Waals surface area contributed by atoms with E-state index in [4.69, 9.17) is 19.2 Å². The highest BCUT2D eigenvalue weighted by atomic mass is 79.9. The molecule has 3 saturated heterocycles. The van der Waals surface area contributed by atoms with Crippen molar-refractivity contribution in [2.45, 2.75) is 64.3 Å². The maximum Gasteiger partial charge on any atom is 0.422 e. The lowest BCUT2D eigenvalue weighted by molar-refractivity contribution is -0.153. The summed E-state index contributed by atoms with van der Waals surface area (Å²) in [7, 11) is -0.889. The summed E-state index contributed by atoms with van der Waals surface area (Å²) in [6.07, 6.45) is -0.859. The van der Waals surface area contributed by atoms with Crippen LogP contribution in [0.3, 0.4) is 0 Å². The number of anilines is 1. The SMILES string of the molecule is C=Cc1cc2c(N3CCC4(CC3)CN(C(=O)OC(C)(C)C)C4)nc(OC3CCS(=O)CC3)nc2c(OCC(F)(F)F)c1Br. The molecule has 3 fully saturated rings. The van der Waals surface area contributed by atoms with Gasteiger partial charge in [-0.2, -0.15) is 23.1 Å². The molecule has 1 amide bonds. The number of carbonyl (C=O) groups is 1. The van der Waals surface area contributed by atoms with Crippen molar-refractivity contribution in [3.8, 4) is 11.8 Å². The lowest BCUT2D eigenvalue weighted by Gasteiger charge is -2.53. The van der Waals surface area contributed by atoms with Gasteiger partial charge in [-0.3, -0.25) is 4.21 Å². The zero-order chi connectivity index (χ0) is 31.2. The van der Waals surface area contributed by atoms with E-state index in [0.717, 1.165) is 12.8 Å². The number of halogens is 4. The quantitative estimate of drug-likeness (QED) is 0.359. The minimum absolute atomic E-state index is 0.0242. The summed E-state index contributed by atoms with van der Waals surface area (Å²) in [6.45, 7) is 10.3. The van der Waals surface area contributed by atoms with Gasteiger partial charge in [0.2, 0.25) is 0 Å². The Morgan fingerprint density at radius 2 is 1.84 bits per heavy atom. The normalized spacial score (nSPS) is 22.3. The molecule has 5 rings (SSSR count). The van der Waals surface area contributed by atoms with Gasteiger partial charge in [0.05, 0.1) is 4.47 Å². The van der Waals surface area contributed by atoms with Gasteiger partial charge >= 0.3 is 18.3 Å². The van der Waals surface area contributed by atoms with E-state index in [9.17, 15) is 22.2 Å². The number of fused-ring (bicyclic) bond motifs is 1. The molecule has 3 aliphatic heterocycles. The van der Waals surface area contributed by atoms with Crippen LogP contribution in [0, 0.1) is 5.41 Å². The van der Waals surface area contributed by atoms with Gasteiger partial charge in [0.25, 0.3) is 0 Å². The first-order valence-electron chi connectivity index (χ1n) is 14.3. The lowest BCUT2D eigenvalue weighted by atomic mass is 9.72. The van der Waals surface area contributed by atoms with Crippen LogP contribution >= 0.6 is 15.9 Å². The molecule has 43 heavy (non-hydrogen) atoms. The maximum atomic E-state index is 13.2. The van der Waals surface area contributed by atoms with Gasteiger partial charge in [-0.1, -0.05) is 12.7 Å². The Hall–Kier alpha value is -2.61. The molecule has 14 heteroatoms. The molecule has 0 unspecified atom stereocenters. The van der Waals surface area contributed by atoms with E-state index in [0.29, 0.717) is 71.8 Å². The second kappa shape index (κ2) is 12.1. The predicted molar refractivity (Wildman–Crippen MR) is 162 cm³/mol. The van der Waals surface area contributed by atoms with E-state index >= 15 is 0 Å². The number of nitrogens with zero attached hydrogens (tertiary/aromatic N) is 4. The number of rotatable bonds is 6. The first-order valence-corrected chi connectivity index (χ1v) is 16.5. The van der Waals surface area contributed by atoms with E-state index < -0.39 is 29.2 Å². The summed E-state index contributed by atoms with van der Waals surface area (Å²) in [5, 5.41) is 0.521. The van der Waals surface area contributed by atoms with Crippen LogP contribution < -0.4 is 14.4 Å². The Morgan fingerprint density at radius 1 is 1.19 bits per heavy atom. The summed E-state index contributed by atoms with van der Waals surface area (Å²) < 4.78 is 68.8. The summed E-state index contributed by atoms with van der Waals surface area (Å²) >= 11 is 3.39. The first kappa shape index (κ1) is 31.8. The van der Waals surface area contributed by atoms with Crippen molar-refractivity contribution in [2.75, 3.05) is 49.2 Å². The molecular weight excluding hydrogens is 653 g/mol. The molecule has 3 aliphatic rings. The fourth-order valence-electron chi connectivity index (χ4n) is 5.69. The van der Waals surface area contributed by atoms with Crippen LogP contribution in [0.25, 0.3) is 17.0 Å². The first-order chi connectivity index (χ1) is 20.2. The molecular formula is C29H36BrF3N4O5S. The summed E-state index contributed by atoms with van der Waals surface area (Å²) in [5.74, 6) is 1.48. The smallest absolute Gasteiger partial charge is 0.422 e.